The fraction of sp³-hybridized carbons (Fsp3) is 0.600. The van der Waals surface area contributed by atoms with Gasteiger partial charge in [0, 0.05) is 12.0 Å². The summed E-state index contributed by atoms with van der Waals surface area (Å²) in [6, 6.07) is 0.871. The summed E-state index contributed by atoms with van der Waals surface area (Å²) < 4.78 is 78.3. The summed E-state index contributed by atoms with van der Waals surface area (Å²) in [5, 5.41) is 0. The van der Waals surface area contributed by atoms with Crippen molar-refractivity contribution in [2.24, 2.45) is 0 Å². The molecule has 0 unspecified atom stereocenters. The maximum absolute atomic E-state index is 12.4. The smallest absolute Gasteiger partial charge is 0.434 e. The number of aromatic nitrogens is 2. The molecule has 112 valence electrons. The number of halogens is 7. The molecular formula is C10H7BrF6N2O. The van der Waals surface area contributed by atoms with Crippen molar-refractivity contribution in [2.75, 3.05) is 0 Å². The third-order valence-electron chi connectivity index (χ3n) is 2.46. The number of nitrogens with zero attached hydrogens (tertiary/aromatic N) is 2. The molecule has 1 aliphatic carbocycles. The Kier molecular flexibility index (Phi) is 3.87. The lowest BCUT2D eigenvalue weighted by Crippen LogP contribution is -2.46. The minimum atomic E-state index is -5.57. The van der Waals surface area contributed by atoms with Crippen LogP contribution in [-0.4, -0.2) is 28.4 Å². The average Bonchev–Trinajstić information content (AvgIpc) is 3.05. The van der Waals surface area contributed by atoms with Gasteiger partial charge in [0.1, 0.15) is 10.4 Å². The molecule has 20 heavy (non-hydrogen) atoms. The molecule has 0 bridgehead atoms. The highest BCUT2D eigenvalue weighted by atomic mass is 79.9. The summed E-state index contributed by atoms with van der Waals surface area (Å²) >= 11 is 2.91. The van der Waals surface area contributed by atoms with E-state index in [1.54, 1.807) is 0 Å². The van der Waals surface area contributed by atoms with Gasteiger partial charge < -0.3 is 4.74 Å². The molecule has 0 N–H and O–H groups in total. The molecule has 3 nitrogen and oxygen atoms in total. The maximum atomic E-state index is 12.4. The summed E-state index contributed by atoms with van der Waals surface area (Å²) in [6.45, 7) is 0. The van der Waals surface area contributed by atoms with E-state index >= 15 is 0 Å². The van der Waals surface area contributed by atoms with Crippen molar-refractivity contribution in [1.82, 2.24) is 9.97 Å². The van der Waals surface area contributed by atoms with Crippen molar-refractivity contribution in [3.05, 3.63) is 16.5 Å². The molecule has 0 amide bonds. The van der Waals surface area contributed by atoms with Crippen LogP contribution in [0.5, 0.6) is 5.88 Å². The molecule has 0 aromatic carbocycles. The zero-order chi connectivity index (χ0) is 15.1. The van der Waals surface area contributed by atoms with E-state index in [0.717, 1.165) is 18.9 Å². The van der Waals surface area contributed by atoms with Crippen LogP contribution in [0.15, 0.2) is 10.7 Å². The number of rotatable bonds is 3. The summed E-state index contributed by atoms with van der Waals surface area (Å²) in [4.78, 5) is 7.49. The van der Waals surface area contributed by atoms with Crippen molar-refractivity contribution in [3.63, 3.8) is 0 Å². The second-order valence-electron chi connectivity index (χ2n) is 4.24. The molecule has 0 spiro atoms. The Morgan fingerprint density at radius 2 is 1.65 bits per heavy atom. The normalized spacial score (nSPS) is 16.6. The lowest BCUT2D eigenvalue weighted by Gasteiger charge is -2.23. The van der Waals surface area contributed by atoms with Crippen molar-refractivity contribution >= 4 is 15.9 Å². The number of ether oxygens (including phenoxy) is 1. The highest BCUT2D eigenvalue weighted by Gasteiger charge is 2.59. The minimum absolute atomic E-state index is 0.0370. The molecule has 2 rings (SSSR count). The first-order chi connectivity index (χ1) is 9.07. The molecule has 10 heteroatoms. The Labute approximate surface area is 117 Å². The zero-order valence-electron chi connectivity index (χ0n) is 9.59. The quantitative estimate of drug-likeness (QED) is 0.600. The van der Waals surface area contributed by atoms with E-state index < -0.39 is 24.3 Å². The lowest BCUT2D eigenvalue weighted by atomic mass is 10.3. The molecule has 1 aromatic heterocycles. The first-order valence-corrected chi connectivity index (χ1v) is 6.21. The molecule has 1 heterocycles. The Morgan fingerprint density at radius 3 is 2.10 bits per heavy atom. The second kappa shape index (κ2) is 5.05. The Morgan fingerprint density at radius 1 is 1.10 bits per heavy atom. The van der Waals surface area contributed by atoms with Gasteiger partial charge in [-0.1, -0.05) is 0 Å². The van der Waals surface area contributed by atoms with Crippen LogP contribution >= 0.6 is 15.9 Å². The van der Waals surface area contributed by atoms with Gasteiger partial charge >= 0.3 is 12.4 Å². The SMILES string of the molecule is FC(F)(F)C(Oc1cc(Br)nc(C2CC2)n1)C(F)(F)F. The van der Waals surface area contributed by atoms with Crippen molar-refractivity contribution in [3.8, 4) is 5.88 Å². The number of hydrogen-bond acceptors (Lipinski definition) is 3. The average molecular weight is 365 g/mol. The first kappa shape index (κ1) is 15.3. The predicted molar refractivity (Wildman–Crippen MR) is 58.2 cm³/mol. The van der Waals surface area contributed by atoms with Gasteiger partial charge in [-0.15, -0.1) is 0 Å². The molecule has 1 saturated carbocycles. The van der Waals surface area contributed by atoms with Crippen LogP contribution in [0, 0.1) is 0 Å². The molecule has 0 radical (unpaired) electrons. The third-order valence-corrected chi connectivity index (χ3v) is 2.87. The fourth-order valence-corrected chi connectivity index (χ4v) is 1.82. The predicted octanol–water partition coefficient (Wildman–Crippen LogP) is 3.99. The largest absolute Gasteiger partial charge is 0.455 e. The minimum Gasteiger partial charge on any atom is -0.455 e. The van der Waals surface area contributed by atoms with Crippen LogP contribution in [0.4, 0.5) is 26.3 Å². The van der Waals surface area contributed by atoms with Crippen LogP contribution in [0.2, 0.25) is 0 Å². The van der Waals surface area contributed by atoms with Gasteiger partial charge in [0.15, 0.2) is 0 Å². The third kappa shape index (κ3) is 3.74. The van der Waals surface area contributed by atoms with Crippen LogP contribution in [0.25, 0.3) is 0 Å². The van der Waals surface area contributed by atoms with Crippen molar-refractivity contribution < 1.29 is 31.1 Å². The number of hydrogen-bond donors (Lipinski definition) is 0. The van der Waals surface area contributed by atoms with E-state index in [0.29, 0.717) is 0 Å². The first-order valence-electron chi connectivity index (χ1n) is 5.42. The van der Waals surface area contributed by atoms with Gasteiger partial charge in [-0.3, -0.25) is 0 Å². The highest BCUT2D eigenvalue weighted by Crippen LogP contribution is 2.40. The Hall–Kier alpha value is -1.06. The Bertz CT molecular complexity index is 486. The molecule has 0 aliphatic heterocycles. The van der Waals surface area contributed by atoms with E-state index in [1.807, 2.05) is 0 Å². The molecule has 1 fully saturated rings. The summed E-state index contributed by atoms with van der Waals surface area (Å²) in [5.41, 5.74) is 0. The van der Waals surface area contributed by atoms with Crippen molar-refractivity contribution in [1.29, 1.82) is 0 Å². The summed E-state index contributed by atoms with van der Waals surface area (Å²) in [5.74, 6) is -0.615. The van der Waals surface area contributed by atoms with Crippen LogP contribution in [-0.2, 0) is 0 Å². The number of alkyl halides is 6. The maximum Gasteiger partial charge on any atom is 0.434 e. The lowest BCUT2D eigenvalue weighted by molar-refractivity contribution is -0.300. The molecule has 0 atom stereocenters. The van der Waals surface area contributed by atoms with E-state index in [4.69, 9.17) is 0 Å². The van der Waals surface area contributed by atoms with E-state index in [9.17, 15) is 26.3 Å². The van der Waals surface area contributed by atoms with Crippen LogP contribution in [0.3, 0.4) is 0 Å². The summed E-state index contributed by atoms with van der Waals surface area (Å²) in [7, 11) is 0. The van der Waals surface area contributed by atoms with Gasteiger partial charge in [0.2, 0.25) is 5.88 Å². The second-order valence-corrected chi connectivity index (χ2v) is 5.05. The molecule has 1 aliphatic rings. The van der Waals surface area contributed by atoms with Crippen molar-refractivity contribution in [2.45, 2.75) is 37.2 Å². The van der Waals surface area contributed by atoms with E-state index in [-0.39, 0.29) is 16.3 Å². The molecule has 1 aromatic rings. The summed E-state index contributed by atoms with van der Waals surface area (Å²) in [6.07, 6.45) is -13.6. The van der Waals surface area contributed by atoms with E-state index in [2.05, 4.69) is 30.6 Å². The zero-order valence-corrected chi connectivity index (χ0v) is 11.2. The highest BCUT2D eigenvalue weighted by molar-refractivity contribution is 9.10. The monoisotopic (exact) mass is 364 g/mol. The standard InChI is InChI=1S/C10H7BrF6N2O/c11-5-3-6(19-7(18-5)4-1-2-4)20-8(9(12,13)14)10(15,16)17/h3-4,8H,1-2H2. The van der Waals surface area contributed by atoms with E-state index in [1.165, 1.54) is 0 Å². The van der Waals surface area contributed by atoms with Gasteiger partial charge in [-0.2, -0.15) is 31.3 Å². The van der Waals surface area contributed by atoms with Gasteiger partial charge in [0.25, 0.3) is 6.10 Å². The van der Waals surface area contributed by atoms with Gasteiger partial charge in [0.05, 0.1) is 0 Å². The van der Waals surface area contributed by atoms with Gasteiger partial charge in [-0.05, 0) is 28.8 Å². The van der Waals surface area contributed by atoms with Gasteiger partial charge in [-0.25, -0.2) is 4.98 Å². The van der Waals surface area contributed by atoms with Crippen LogP contribution in [0.1, 0.15) is 24.6 Å². The fourth-order valence-electron chi connectivity index (χ4n) is 1.44. The topological polar surface area (TPSA) is 35.0 Å². The molecule has 0 saturated heterocycles. The van der Waals surface area contributed by atoms with Crippen LogP contribution < -0.4 is 4.74 Å². The molecular weight excluding hydrogens is 358 g/mol. The Balaban J connectivity index is 2.26.